The minimum Gasteiger partial charge on any atom is -0.345 e. The lowest BCUT2D eigenvalue weighted by Crippen LogP contribution is -2.37. The molecule has 0 aliphatic carbocycles. The lowest BCUT2D eigenvalue weighted by molar-refractivity contribution is -0.132. The van der Waals surface area contributed by atoms with Gasteiger partial charge in [-0.1, -0.05) is 13.8 Å². The number of hydrogen-bond donors (Lipinski definition) is 1. The van der Waals surface area contributed by atoms with Crippen molar-refractivity contribution in [2.75, 3.05) is 13.1 Å². The van der Waals surface area contributed by atoms with Gasteiger partial charge in [-0.15, -0.1) is 0 Å². The minimum absolute atomic E-state index is 0.0475. The number of likely N-dealkylation sites (tertiary alicyclic amines) is 1. The second kappa shape index (κ2) is 6.24. The molecule has 2 rings (SSSR count). The van der Waals surface area contributed by atoms with Crippen LogP contribution in [-0.4, -0.2) is 28.5 Å². The summed E-state index contributed by atoms with van der Waals surface area (Å²) in [5.41, 5.74) is 7.23. The number of carbonyl (C=O) groups excluding carboxylic acids is 1. The van der Waals surface area contributed by atoms with Crippen molar-refractivity contribution in [1.29, 1.82) is 0 Å². The number of nitrogens with zero attached hydrogens (tertiary/aromatic N) is 2. The molecule has 0 saturated carbocycles. The van der Waals surface area contributed by atoms with Crippen molar-refractivity contribution < 1.29 is 4.79 Å². The van der Waals surface area contributed by atoms with Crippen molar-refractivity contribution in [3.8, 4) is 0 Å². The fraction of sp³-hybridized carbons (Fsp3) is 0.667. The first kappa shape index (κ1) is 14.1. The van der Waals surface area contributed by atoms with Crippen LogP contribution >= 0.6 is 0 Å². The summed E-state index contributed by atoms with van der Waals surface area (Å²) in [7, 11) is 0. The van der Waals surface area contributed by atoms with Crippen molar-refractivity contribution in [1.82, 2.24) is 9.47 Å². The molecule has 106 valence electrons. The summed E-state index contributed by atoms with van der Waals surface area (Å²) in [6, 6.07) is 2.07. The molecule has 4 nitrogen and oxygen atoms in total. The highest BCUT2D eigenvalue weighted by Crippen LogP contribution is 2.19. The third-order valence-corrected chi connectivity index (χ3v) is 3.90. The average molecular weight is 263 g/mol. The van der Waals surface area contributed by atoms with Crippen LogP contribution in [0.3, 0.4) is 0 Å². The highest BCUT2D eigenvalue weighted by molar-refractivity contribution is 5.76. The largest absolute Gasteiger partial charge is 0.345 e. The Bertz CT molecular complexity index is 419. The van der Waals surface area contributed by atoms with E-state index in [1.807, 2.05) is 27.9 Å². The SMILES string of the molecule is CC(C)C(N)c1ccn(CC(=O)N2CCCCC2)c1. The van der Waals surface area contributed by atoms with Gasteiger partial charge in [-0.2, -0.15) is 0 Å². The normalized spacial score (nSPS) is 17.8. The summed E-state index contributed by atoms with van der Waals surface area (Å²) >= 11 is 0. The summed E-state index contributed by atoms with van der Waals surface area (Å²) in [5.74, 6) is 0.633. The maximum absolute atomic E-state index is 12.2. The van der Waals surface area contributed by atoms with E-state index in [1.54, 1.807) is 0 Å². The van der Waals surface area contributed by atoms with Crippen LogP contribution in [0.15, 0.2) is 18.5 Å². The number of hydrogen-bond acceptors (Lipinski definition) is 2. The van der Waals surface area contributed by atoms with Crippen molar-refractivity contribution in [2.24, 2.45) is 11.7 Å². The van der Waals surface area contributed by atoms with E-state index < -0.39 is 0 Å². The third-order valence-electron chi connectivity index (χ3n) is 3.90. The maximum atomic E-state index is 12.2. The molecule has 1 aliphatic heterocycles. The van der Waals surface area contributed by atoms with Gasteiger partial charge < -0.3 is 15.2 Å². The maximum Gasteiger partial charge on any atom is 0.242 e. The number of piperidine rings is 1. The number of rotatable bonds is 4. The van der Waals surface area contributed by atoms with E-state index in [2.05, 4.69) is 13.8 Å². The van der Waals surface area contributed by atoms with Gasteiger partial charge in [-0.25, -0.2) is 0 Å². The van der Waals surface area contributed by atoms with Gasteiger partial charge in [-0.3, -0.25) is 4.79 Å². The lowest BCUT2D eigenvalue weighted by atomic mass is 10.00. The Balaban J connectivity index is 1.94. The number of carbonyl (C=O) groups is 1. The number of nitrogens with two attached hydrogens (primary N) is 1. The average Bonchev–Trinajstić information content (AvgIpc) is 2.87. The second-order valence-electron chi connectivity index (χ2n) is 5.83. The lowest BCUT2D eigenvalue weighted by Gasteiger charge is -2.26. The van der Waals surface area contributed by atoms with Crippen molar-refractivity contribution in [3.05, 3.63) is 24.0 Å². The van der Waals surface area contributed by atoms with Crippen molar-refractivity contribution in [3.63, 3.8) is 0 Å². The van der Waals surface area contributed by atoms with E-state index in [1.165, 1.54) is 6.42 Å². The Kier molecular flexibility index (Phi) is 4.64. The van der Waals surface area contributed by atoms with Gasteiger partial charge in [0, 0.05) is 31.5 Å². The molecule has 1 unspecified atom stereocenters. The molecule has 0 spiro atoms. The fourth-order valence-corrected chi connectivity index (χ4v) is 2.54. The summed E-state index contributed by atoms with van der Waals surface area (Å²) < 4.78 is 1.95. The fourth-order valence-electron chi connectivity index (χ4n) is 2.54. The Morgan fingerprint density at radius 1 is 1.32 bits per heavy atom. The standard InChI is InChI=1S/C15H25N3O/c1-12(2)15(16)13-6-9-17(10-13)11-14(19)18-7-4-3-5-8-18/h6,9-10,12,15H,3-5,7-8,11,16H2,1-2H3. The third kappa shape index (κ3) is 3.60. The molecular formula is C15H25N3O. The molecule has 1 amide bonds. The van der Waals surface area contributed by atoms with Crippen LogP contribution in [0.4, 0.5) is 0 Å². The minimum atomic E-state index is 0.0475. The van der Waals surface area contributed by atoms with E-state index in [4.69, 9.17) is 5.73 Å². The smallest absolute Gasteiger partial charge is 0.242 e. The van der Waals surface area contributed by atoms with Crippen LogP contribution in [0, 0.1) is 5.92 Å². The van der Waals surface area contributed by atoms with Crippen LogP contribution < -0.4 is 5.73 Å². The van der Waals surface area contributed by atoms with E-state index in [0.717, 1.165) is 31.5 Å². The van der Waals surface area contributed by atoms with Gasteiger partial charge in [0.2, 0.25) is 5.91 Å². The monoisotopic (exact) mass is 263 g/mol. The molecule has 19 heavy (non-hydrogen) atoms. The van der Waals surface area contributed by atoms with Gasteiger partial charge in [0.1, 0.15) is 6.54 Å². The van der Waals surface area contributed by atoms with E-state index in [9.17, 15) is 4.79 Å². The molecule has 0 aromatic carbocycles. The summed E-state index contributed by atoms with van der Waals surface area (Å²) in [5, 5.41) is 0. The zero-order chi connectivity index (χ0) is 13.8. The summed E-state index contributed by atoms with van der Waals surface area (Å²) in [6.07, 6.45) is 7.49. The number of amides is 1. The highest BCUT2D eigenvalue weighted by atomic mass is 16.2. The van der Waals surface area contributed by atoms with E-state index in [-0.39, 0.29) is 11.9 Å². The molecule has 2 heterocycles. The molecule has 4 heteroatoms. The van der Waals surface area contributed by atoms with Crippen LogP contribution in [0.2, 0.25) is 0 Å². The van der Waals surface area contributed by atoms with Gasteiger partial charge in [0.25, 0.3) is 0 Å². The Morgan fingerprint density at radius 3 is 2.63 bits per heavy atom. The second-order valence-corrected chi connectivity index (χ2v) is 5.83. The quantitative estimate of drug-likeness (QED) is 0.905. The zero-order valence-corrected chi connectivity index (χ0v) is 12.0. The molecule has 0 bridgehead atoms. The van der Waals surface area contributed by atoms with Gasteiger partial charge >= 0.3 is 0 Å². The highest BCUT2D eigenvalue weighted by Gasteiger charge is 2.17. The first-order valence-electron chi connectivity index (χ1n) is 7.27. The molecule has 1 saturated heterocycles. The zero-order valence-electron chi connectivity index (χ0n) is 12.0. The van der Waals surface area contributed by atoms with Crippen LogP contribution in [0.25, 0.3) is 0 Å². The Labute approximate surface area is 115 Å². The van der Waals surface area contributed by atoms with Gasteiger partial charge in [0.05, 0.1) is 0 Å². The van der Waals surface area contributed by atoms with Crippen LogP contribution in [0.5, 0.6) is 0 Å². The molecule has 0 radical (unpaired) electrons. The summed E-state index contributed by atoms with van der Waals surface area (Å²) in [6.45, 7) is 6.49. The first-order valence-corrected chi connectivity index (χ1v) is 7.27. The predicted molar refractivity (Wildman–Crippen MR) is 76.6 cm³/mol. The number of aromatic nitrogens is 1. The van der Waals surface area contributed by atoms with Crippen molar-refractivity contribution in [2.45, 2.75) is 45.7 Å². The molecule has 1 atom stereocenters. The van der Waals surface area contributed by atoms with Gasteiger partial charge in [-0.05, 0) is 36.8 Å². The predicted octanol–water partition coefficient (Wildman–Crippen LogP) is 2.16. The molecule has 1 aromatic heterocycles. The van der Waals surface area contributed by atoms with Crippen molar-refractivity contribution >= 4 is 5.91 Å². The van der Waals surface area contributed by atoms with Gasteiger partial charge in [0.15, 0.2) is 0 Å². The molecule has 1 aromatic rings. The Morgan fingerprint density at radius 2 is 2.00 bits per heavy atom. The van der Waals surface area contributed by atoms with Crippen LogP contribution in [0.1, 0.15) is 44.7 Å². The molecule has 1 aliphatic rings. The summed E-state index contributed by atoms with van der Waals surface area (Å²) in [4.78, 5) is 14.1. The Hall–Kier alpha value is -1.29. The molecule has 1 fully saturated rings. The van der Waals surface area contributed by atoms with E-state index >= 15 is 0 Å². The first-order chi connectivity index (χ1) is 9.08. The topological polar surface area (TPSA) is 51.3 Å². The van der Waals surface area contributed by atoms with Crippen LogP contribution in [-0.2, 0) is 11.3 Å². The van der Waals surface area contributed by atoms with E-state index in [0.29, 0.717) is 12.5 Å². The molecular weight excluding hydrogens is 238 g/mol. The molecule has 2 N–H and O–H groups in total.